The fourth-order valence-electron chi connectivity index (χ4n) is 2.99. The molecule has 0 radical (unpaired) electrons. The van der Waals surface area contributed by atoms with E-state index in [1.807, 2.05) is 0 Å². The van der Waals surface area contributed by atoms with Crippen molar-refractivity contribution in [1.82, 2.24) is 4.98 Å². The summed E-state index contributed by atoms with van der Waals surface area (Å²) in [5, 5.41) is 10.4. The van der Waals surface area contributed by atoms with Crippen LogP contribution < -0.4 is 4.90 Å². The first-order valence-electron chi connectivity index (χ1n) is 8.05. The molecule has 1 fully saturated rings. The van der Waals surface area contributed by atoms with Gasteiger partial charge in [0.05, 0.1) is 5.69 Å². The molecule has 1 saturated carbocycles. The van der Waals surface area contributed by atoms with E-state index in [-0.39, 0.29) is 5.92 Å². The smallest absolute Gasteiger partial charge is 0.312 e. The molecule has 1 atom stereocenters. The van der Waals surface area contributed by atoms with Crippen molar-refractivity contribution in [1.29, 1.82) is 0 Å². The molecular formula is C16H24N2O2S. The highest BCUT2D eigenvalue weighted by atomic mass is 32.1. The Kier molecular flexibility index (Phi) is 4.20. The summed E-state index contributed by atoms with van der Waals surface area (Å²) in [6.07, 6.45) is 6.39. The topological polar surface area (TPSA) is 53.4 Å². The van der Waals surface area contributed by atoms with Crippen LogP contribution in [0.15, 0.2) is 0 Å². The quantitative estimate of drug-likeness (QED) is 0.871. The van der Waals surface area contributed by atoms with Crippen molar-refractivity contribution in [2.24, 2.45) is 5.92 Å². The Morgan fingerprint density at radius 3 is 2.81 bits per heavy atom. The van der Waals surface area contributed by atoms with Crippen LogP contribution in [0.3, 0.4) is 0 Å². The van der Waals surface area contributed by atoms with Crippen molar-refractivity contribution in [2.45, 2.75) is 64.3 Å². The Balaban J connectivity index is 1.82. The van der Waals surface area contributed by atoms with Crippen LogP contribution in [0.25, 0.3) is 0 Å². The van der Waals surface area contributed by atoms with Crippen LogP contribution in [0.4, 0.5) is 5.13 Å². The minimum Gasteiger partial charge on any atom is -0.481 e. The number of hydrogen-bond donors (Lipinski definition) is 1. The fourth-order valence-corrected chi connectivity index (χ4v) is 4.25. The average molecular weight is 308 g/mol. The Hall–Kier alpha value is -1.10. The predicted molar refractivity (Wildman–Crippen MR) is 85.3 cm³/mol. The van der Waals surface area contributed by atoms with Crippen LogP contribution in [0.5, 0.6) is 0 Å². The van der Waals surface area contributed by atoms with Gasteiger partial charge in [-0.25, -0.2) is 4.98 Å². The number of thiazole rings is 1. The molecule has 5 heteroatoms. The lowest BCUT2D eigenvalue weighted by Crippen LogP contribution is -2.27. The summed E-state index contributed by atoms with van der Waals surface area (Å²) < 4.78 is 0. The van der Waals surface area contributed by atoms with Crippen molar-refractivity contribution < 1.29 is 9.90 Å². The Bertz CT molecular complexity index is 522. The van der Waals surface area contributed by atoms with E-state index in [1.54, 1.807) is 11.3 Å². The van der Waals surface area contributed by atoms with E-state index in [0.29, 0.717) is 12.0 Å². The van der Waals surface area contributed by atoms with Crippen LogP contribution in [0.2, 0.25) is 0 Å². The number of aliphatic carboxylic acids is 1. The molecule has 2 aliphatic carbocycles. The largest absolute Gasteiger partial charge is 0.481 e. The molecular weight excluding hydrogens is 284 g/mol. The zero-order valence-electron chi connectivity index (χ0n) is 12.8. The van der Waals surface area contributed by atoms with Crippen LogP contribution in [-0.2, 0) is 11.2 Å². The van der Waals surface area contributed by atoms with E-state index in [1.165, 1.54) is 24.1 Å². The van der Waals surface area contributed by atoms with Gasteiger partial charge in [-0.1, -0.05) is 13.8 Å². The molecule has 116 valence electrons. The minimum absolute atomic E-state index is 0.384. The lowest BCUT2D eigenvalue weighted by Gasteiger charge is -2.22. The molecule has 0 amide bonds. The number of aryl methyl sites for hydroxylation is 1. The Labute approximate surface area is 130 Å². The molecule has 0 bridgehead atoms. The molecule has 2 aliphatic rings. The summed E-state index contributed by atoms with van der Waals surface area (Å²) in [7, 11) is 0. The van der Waals surface area contributed by atoms with E-state index >= 15 is 0 Å². The van der Waals surface area contributed by atoms with Gasteiger partial charge in [-0.2, -0.15) is 0 Å². The van der Waals surface area contributed by atoms with E-state index < -0.39 is 5.97 Å². The molecule has 0 saturated heterocycles. The standard InChI is InChI=1S/C16H24N2O2S/c1-10(2)8-9-18(11-6-7-11)16-17-14-12(15(19)20)4-3-5-13(14)21-16/h10-12H,3-9H2,1-2H3,(H,19,20). The maximum Gasteiger partial charge on any atom is 0.312 e. The third kappa shape index (κ3) is 3.23. The highest BCUT2D eigenvalue weighted by molar-refractivity contribution is 7.15. The van der Waals surface area contributed by atoms with Crippen LogP contribution >= 0.6 is 11.3 Å². The maximum absolute atomic E-state index is 11.4. The Morgan fingerprint density at radius 1 is 1.43 bits per heavy atom. The first-order chi connectivity index (χ1) is 10.1. The number of hydrogen-bond acceptors (Lipinski definition) is 4. The van der Waals surface area contributed by atoms with Gasteiger partial charge in [0, 0.05) is 17.5 Å². The molecule has 21 heavy (non-hydrogen) atoms. The SMILES string of the molecule is CC(C)CCN(c1nc2c(s1)CCCC2C(=O)O)C1CC1. The minimum atomic E-state index is -0.715. The van der Waals surface area contributed by atoms with E-state index in [4.69, 9.17) is 4.98 Å². The van der Waals surface area contributed by atoms with Gasteiger partial charge in [0.15, 0.2) is 5.13 Å². The van der Waals surface area contributed by atoms with Gasteiger partial charge >= 0.3 is 5.97 Å². The van der Waals surface area contributed by atoms with Crippen molar-refractivity contribution in [2.75, 3.05) is 11.4 Å². The molecule has 1 N–H and O–H groups in total. The predicted octanol–water partition coefficient (Wildman–Crippen LogP) is 3.66. The van der Waals surface area contributed by atoms with Crippen molar-refractivity contribution in [3.05, 3.63) is 10.6 Å². The molecule has 1 aromatic rings. The van der Waals surface area contributed by atoms with Gasteiger partial charge in [-0.3, -0.25) is 4.79 Å². The number of nitrogens with zero attached hydrogens (tertiary/aromatic N) is 2. The Morgan fingerprint density at radius 2 is 2.19 bits per heavy atom. The second-order valence-corrected chi connectivity index (χ2v) is 7.76. The summed E-state index contributed by atoms with van der Waals surface area (Å²) in [5.41, 5.74) is 0.851. The van der Waals surface area contributed by atoms with Gasteiger partial charge in [-0.15, -0.1) is 11.3 Å². The maximum atomic E-state index is 11.4. The van der Waals surface area contributed by atoms with E-state index in [2.05, 4.69) is 18.7 Å². The molecule has 0 aromatic carbocycles. The molecule has 3 rings (SSSR count). The van der Waals surface area contributed by atoms with Gasteiger partial charge in [0.25, 0.3) is 0 Å². The number of fused-ring (bicyclic) bond motifs is 1. The van der Waals surface area contributed by atoms with Gasteiger partial charge in [-0.05, 0) is 44.4 Å². The lowest BCUT2D eigenvalue weighted by atomic mass is 9.91. The molecule has 1 unspecified atom stereocenters. The first kappa shape index (κ1) is 14.8. The molecule has 1 heterocycles. The molecule has 0 aliphatic heterocycles. The monoisotopic (exact) mass is 308 g/mol. The molecule has 1 aromatic heterocycles. The number of anilines is 1. The highest BCUT2D eigenvalue weighted by Gasteiger charge is 2.35. The third-order valence-corrected chi connectivity index (χ3v) is 5.59. The number of carbonyl (C=O) groups is 1. The normalized spacial score (nSPS) is 21.4. The summed E-state index contributed by atoms with van der Waals surface area (Å²) in [6, 6.07) is 0.639. The molecule has 0 spiro atoms. The van der Waals surface area contributed by atoms with Crippen molar-refractivity contribution >= 4 is 22.4 Å². The number of carboxylic acids is 1. The molecule has 4 nitrogen and oxygen atoms in total. The van der Waals surface area contributed by atoms with E-state index in [9.17, 15) is 9.90 Å². The van der Waals surface area contributed by atoms with Gasteiger partial charge in [0.2, 0.25) is 0 Å². The fraction of sp³-hybridized carbons (Fsp3) is 0.750. The lowest BCUT2D eigenvalue weighted by molar-refractivity contribution is -0.139. The average Bonchev–Trinajstić information content (AvgIpc) is 3.16. The number of aromatic nitrogens is 1. The summed E-state index contributed by atoms with van der Waals surface area (Å²) in [4.78, 5) is 19.8. The van der Waals surface area contributed by atoms with Crippen LogP contribution in [-0.4, -0.2) is 28.6 Å². The summed E-state index contributed by atoms with van der Waals surface area (Å²) in [6.45, 7) is 5.54. The zero-order chi connectivity index (χ0) is 15.0. The van der Waals surface area contributed by atoms with Crippen molar-refractivity contribution in [3.8, 4) is 0 Å². The highest BCUT2D eigenvalue weighted by Crippen LogP contribution is 2.41. The second-order valence-electron chi connectivity index (χ2n) is 6.69. The van der Waals surface area contributed by atoms with E-state index in [0.717, 1.165) is 36.6 Å². The summed E-state index contributed by atoms with van der Waals surface area (Å²) >= 11 is 1.74. The van der Waals surface area contributed by atoms with Crippen LogP contribution in [0, 0.1) is 5.92 Å². The summed E-state index contributed by atoms with van der Waals surface area (Å²) in [5.74, 6) is -0.412. The number of carboxylic acid groups (broad SMARTS) is 1. The van der Waals surface area contributed by atoms with Gasteiger partial charge < -0.3 is 10.0 Å². The first-order valence-corrected chi connectivity index (χ1v) is 8.87. The van der Waals surface area contributed by atoms with Crippen molar-refractivity contribution in [3.63, 3.8) is 0 Å². The van der Waals surface area contributed by atoms with Gasteiger partial charge in [0.1, 0.15) is 5.92 Å². The zero-order valence-corrected chi connectivity index (χ0v) is 13.7. The third-order valence-electron chi connectivity index (χ3n) is 4.42. The second kappa shape index (κ2) is 5.95. The van der Waals surface area contributed by atoms with Crippen LogP contribution in [0.1, 0.15) is 62.4 Å². The number of rotatable bonds is 6.